The maximum absolute atomic E-state index is 16.9. The number of aliphatic hydroxyl groups is 3. The Balaban J connectivity index is 1.38. The van der Waals surface area contributed by atoms with E-state index in [4.69, 9.17) is 4.74 Å². The number of carbonyl (C=O) groups excluding carboxylic acids is 1. The summed E-state index contributed by atoms with van der Waals surface area (Å²) >= 11 is 0. The molecule has 2 aliphatic heterocycles. The summed E-state index contributed by atoms with van der Waals surface area (Å²) in [4.78, 5) is 19.2. The minimum Gasteiger partial charge on any atom is -0.389 e. The van der Waals surface area contributed by atoms with Crippen molar-refractivity contribution in [2.45, 2.75) is 80.3 Å². The second-order valence-corrected chi connectivity index (χ2v) is 11.7. The topological polar surface area (TPSA) is 115 Å². The quantitative estimate of drug-likeness (QED) is 0.468. The zero-order chi connectivity index (χ0) is 25.7. The average molecular weight is 500 g/mol. The number of hydrogen-bond acceptors (Lipinski definition) is 7. The molecular weight excluding hydrogens is 465 g/mol. The van der Waals surface area contributed by atoms with Crippen LogP contribution < -0.4 is 5.32 Å². The SMILES string of the molecule is CN(C)[C@H]1C[C@@]23CC[C@@]4(O2)C(=CC[C@]2(C)C(C(=O)Nc5cccnc5)=CCC24)C(O)C3(F)[C@@H](O)[C@@H]1O. The molecule has 3 aliphatic carbocycles. The van der Waals surface area contributed by atoms with Gasteiger partial charge in [0.2, 0.25) is 0 Å². The molecule has 2 spiro atoms. The van der Waals surface area contributed by atoms with E-state index in [2.05, 4.69) is 10.3 Å². The number of anilines is 1. The Bertz CT molecular complexity index is 1160. The molecule has 2 saturated heterocycles. The summed E-state index contributed by atoms with van der Waals surface area (Å²) in [5.74, 6) is -0.367. The highest BCUT2D eigenvalue weighted by Gasteiger charge is 2.79. The second-order valence-electron chi connectivity index (χ2n) is 11.7. The Labute approximate surface area is 209 Å². The van der Waals surface area contributed by atoms with Gasteiger partial charge in [0, 0.05) is 29.1 Å². The van der Waals surface area contributed by atoms with Crippen molar-refractivity contribution in [1.29, 1.82) is 0 Å². The highest BCUT2D eigenvalue weighted by molar-refractivity contribution is 6.05. The van der Waals surface area contributed by atoms with Crippen molar-refractivity contribution in [2.24, 2.45) is 11.3 Å². The molecule has 4 N–H and O–H groups in total. The Kier molecular flexibility index (Phi) is 5.16. The molecule has 36 heavy (non-hydrogen) atoms. The van der Waals surface area contributed by atoms with Crippen molar-refractivity contribution in [3.05, 3.63) is 47.8 Å². The summed E-state index contributed by atoms with van der Waals surface area (Å²) in [5, 5.41) is 36.3. The van der Waals surface area contributed by atoms with Crippen LogP contribution in [0.5, 0.6) is 0 Å². The van der Waals surface area contributed by atoms with Gasteiger partial charge >= 0.3 is 0 Å². The predicted octanol–water partition coefficient (Wildman–Crippen LogP) is 1.73. The summed E-state index contributed by atoms with van der Waals surface area (Å²) in [6.07, 6.45) is 4.20. The fourth-order valence-electron chi connectivity index (χ4n) is 8.07. The van der Waals surface area contributed by atoms with Crippen LogP contribution in [-0.2, 0) is 9.53 Å². The van der Waals surface area contributed by atoms with Crippen molar-refractivity contribution in [2.75, 3.05) is 19.4 Å². The number of aromatic nitrogens is 1. The number of aliphatic hydroxyl groups excluding tert-OH is 3. The predicted molar refractivity (Wildman–Crippen MR) is 130 cm³/mol. The van der Waals surface area contributed by atoms with Crippen LogP contribution in [0, 0.1) is 11.3 Å². The first kappa shape index (κ1) is 24.2. The molecule has 5 aliphatic rings. The first-order valence-corrected chi connectivity index (χ1v) is 12.7. The van der Waals surface area contributed by atoms with Crippen LogP contribution in [-0.4, -0.2) is 86.4 Å². The van der Waals surface area contributed by atoms with Gasteiger partial charge in [-0.25, -0.2) is 4.39 Å². The molecule has 8 nitrogen and oxygen atoms in total. The molecule has 9 heteroatoms. The monoisotopic (exact) mass is 499 g/mol. The van der Waals surface area contributed by atoms with E-state index in [1.54, 1.807) is 43.5 Å². The Morgan fingerprint density at radius 2 is 2.03 bits per heavy atom. The third-order valence-corrected chi connectivity index (χ3v) is 9.92. The third-order valence-electron chi connectivity index (χ3n) is 9.92. The molecule has 6 rings (SSSR count). The minimum atomic E-state index is -2.52. The van der Waals surface area contributed by atoms with Crippen molar-refractivity contribution >= 4 is 11.6 Å². The molecule has 9 atom stereocenters. The van der Waals surface area contributed by atoms with Gasteiger partial charge in [0.05, 0.1) is 23.6 Å². The molecule has 1 aromatic rings. The van der Waals surface area contributed by atoms with Crippen LogP contribution in [0.3, 0.4) is 0 Å². The van der Waals surface area contributed by atoms with Gasteiger partial charge in [0.25, 0.3) is 5.91 Å². The summed E-state index contributed by atoms with van der Waals surface area (Å²) < 4.78 is 23.7. The maximum atomic E-state index is 16.9. The normalized spacial score (nSPS) is 46.9. The molecule has 3 unspecified atom stereocenters. The van der Waals surface area contributed by atoms with Crippen molar-refractivity contribution in [3.63, 3.8) is 0 Å². The summed E-state index contributed by atoms with van der Waals surface area (Å²) in [6, 6.07) is 3.02. The van der Waals surface area contributed by atoms with Crippen molar-refractivity contribution in [1.82, 2.24) is 9.88 Å². The smallest absolute Gasteiger partial charge is 0.251 e. The highest BCUT2D eigenvalue weighted by Crippen LogP contribution is 2.69. The standard InChI is InChI=1S/C27H34FN3O5/c1-24-9-8-16-21(33)27(28)22(34)20(32)18(31(2)3)13-25(27)10-11-26(16,36-25)19(24)7-6-17(24)23(35)30-15-5-4-12-29-14-15/h4-6,8,12,14,18-22,32-34H,7,9-11,13H2,1-3H3,(H,30,35)/t18-,19?,20+,21?,22-,24+,25+,26+,27?/m0/s1. The number of pyridine rings is 1. The largest absolute Gasteiger partial charge is 0.389 e. The number of nitrogens with one attached hydrogen (secondary N) is 1. The number of alkyl halides is 1. The van der Waals surface area contributed by atoms with Crippen LogP contribution in [0.4, 0.5) is 10.1 Å². The first-order valence-electron chi connectivity index (χ1n) is 12.7. The number of amides is 1. The Morgan fingerprint density at radius 3 is 2.72 bits per heavy atom. The van der Waals surface area contributed by atoms with Gasteiger partial charge in [-0.15, -0.1) is 0 Å². The van der Waals surface area contributed by atoms with E-state index in [1.807, 2.05) is 19.1 Å². The van der Waals surface area contributed by atoms with Crippen LogP contribution in [0.15, 0.2) is 47.8 Å². The number of allylic oxidation sites excluding steroid dienone is 2. The van der Waals surface area contributed by atoms with Gasteiger partial charge in [-0.2, -0.15) is 0 Å². The summed E-state index contributed by atoms with van der Waals surface area (Å²) in [6.45, 7) is 2.04. The number of nitrogens with zero attached hydrogens (tertiary/aromatic N) is 2. The van der Waals surface area contributed by atoms with E-state index >= 15 is 4.39 Å². The number of hydrogen-bond donors (Lipinski definition) is 4. The van der Waals surface area contributed by atoms with Crippen LogP contribution in [0.25, 0.3) is 0 Å². The fraction of sp³-hybridized carbons (Fsp3) is 0.630. The lowest BCUT2D eigenvalue weighted by atomic mass is 9.56. The number of ether oxygens (including phenoxy) is 1. The molecule has 1 aromatic heterocycles. The Hall–Kier alpha value is -2.17. The van der Waals surface area contributed by atoms with E-state index in [0.29, 0.717) is 42.5 Å². The first-order chi connectivity index (χ1) is 17.0. The summed E-state index contributed by atoms with van der Waals surface area (Å²) in [5.41, 5.74) is -3.75. The fourth-order valence-corrected chi connectivity index (χ4v) is 8.07. The number of halogens is 1. The summed E-state index contributed by atoms with van der Waals surface area (Å²) in [7, 11) is 3.56. The van der Waals surface area contributed by atoms with Gasteiger partial charge in [-0.05, 0) is 63.9 Å². The molecule has 3 fully saturated rings. The highest BCUT2D eigenvalue weighted by atomic mass is 19.1. The van der Waals surface area contributed by atoms with Crippen LogP contribution >= 0.6 is 0 Å². The van der Waals surface area contributed by atoms with Crippen LogP contribution in [0.2, 0.25) is 0 Å². The zero-order valence-corrected chi connectivity index (χ0v) is 20.8. The van der Waals surface area contributed by atoms with Crippen molar-refractivity contribution in [3.8, 4) is 0 Å². The minimum absolute atomic E-state index is 0.159. The van der Waals surface area contributed by atoms with E-state index in [1.165, 1.54) is 0 Å². The number of rotatable bonds is 3. The number of carbonyl (C=O) groups is 1. The van der Waals surface area contributed by atoms with Gasteiger partial charge in [-0.1, -0.05) is 19.1 Å². The van der Waals surface area contributed by atoms with Crippen molar-refractivity contribution < 1.29 is 29.2 Å². The Morgan fingerprint density at radius 1 is 1.25 bits per heavy atom. The molecule has 2 bridgehead atoms. The molecule has 0 aromatic carbocycles. The van der Waals surface area contributed by atoms with Gasteiger partial charge in [-0.3, -0.25) is 9.78 Å². The average Bonchev–Trinajstić information content (AvgIpc) is 3.38. The molecule has 1 amide bonds. The van der Waals surface area contributed by atoms with Crippen LogP contribution in [0.1, 0.15) is 39.0 Å². The van der Waals surface area contributed by atoms with Gasteiger partial charge in [0.1, 0.15) is 17.8 Å². The molecular formula is C27H34FN3O5. The van der Waals surface area contributed by atoms with Gasteiger partial charge < -0.3 is 30.3 Å². The second kappa shape index (κ2) is 7.68. The number of fused-ring (bicyclic) bond motifs is 1. The molecule has 194 valence electrons. The van der Waals surface area contributed by atoms with E-state index in [0.717, 1.165) is 0 Å². The molecule has 3 heterocycles. The van der Waals surface area contributed by atoms with E-state index < -0.39 is 46.6 Å². The lowest BCUT2D eigenvalue weighted by Crippen LogP contribution is -2.78. The lowest BCUT2D eigenvalue weighted by Gasteiger charge is -2.62. The number of likely N-dealkylation sites (N-methyl/N-ethyl adjacent to an activating group) is 1. The third kappa shape index (κ3) is 2.81. The lowest BCUT2D eigenvalue weighted by molar-refractivity contribution is -0.309. The molecule has 0 radical (unpaired) electrons. The molecule has 1 saturated carbocycles. The van der Waals surface area contributed by atoms with Gasteiger partial charge in [0.15, 0.2) is 5.67 Å². The van der Waals surface area contributed by atoms with E-state index in [-0.39, 0.29) is 18.2 Å². The van der Waals surface area contributed by atoms with E-state index in [9.17, 15) is 20.1 Å². The maximum Gasteiger partial charge on any atom is 0.251 e. The zero-order valence-electron chi connectivity index (χ0n) is 20.8.